The number of alkyl halides is 2. The number of aryl methyl sites for hydroxylation is 1. The summed E-state index contributed by atoms with van der Waals surface area (Å²) in [4.78, 5) is 0. The van der Waals surface area contributed by atoms with Gasteiger partial charge in [0.25, 0.3) is 6.43 Å². The third-order valence-electron chi connectivity index (χ3n) is 2.15. The van der Waals surface area contributed by atoms with Crippen LogP contribution in [0.15, 0.2) is 12.1 Å². The van der Waals surface area contributed by atoms with Crippen LogP contribution in [-0.2, 0) is 6.42 Å². The molecule has 1 unspecified atom stereocenters. The van der Waals surface area contributed by atoms with Gasteiger partial charge in [-0.3, -0.25) is 0 Å². The molecule has 0 aromatic heterocycles. The van der Waals surface area contributed by atoms with Gasteiger partial charge in [-0.2, -0.15) is 0 Å². The summed E-state index contributed by atoms with van der Waals surface area (Å²) in [6.45, 7) is 3.00. The molecule has 4 heteroatoms. The van der Waals surface area contributed by atoms with E-state index in [2.05, 4.69) is 0 Å². The van der Waals surface area contributed by atoms with Gasteiger partial charge in [-0.25, -0.2) is 13.2 Å². The van der Waals surface area contributed by atoms with Gasteiger partial charge in [0.15, 0.2) is 0 Å². The van der Waals surface area contributed by atoms with E-state index >= 15 is 0 Å². The van der Waals surface area contributed by atoms with E-state index in [9.17, 15) is 13.2 Å². The van der Waals surface area contributed by atoms with Crippen LogP contribution >= 0.6 is 0 Å². The van der Waals surface area contributed by atoms with Crippen molar-refractivity contribution < 1.29 is 18.3 Å². The second kappa shape index (κ2) is 4.66. The lowest BCUT2D eigenvalue weighted by atomic mass is 10.0. The predicted molar refractivity (Wildman–Crippen MR) is 51.5 cm³/mol. The molecule has 0 bridgehead atoms. The fraction of sp³-hybridized carbons (Fsp3) is 0.455. The molecule has 1 nitrogen and oxygen atoms in total. The number of aliphatic hydroxyl groups is 1. The maximum Gasteiger partial charge on any atom is 0.266 e. The van der Waals surface area contributed by atoms with Crippen molar-refractivity contribution in [1.82, 2.24) is 0 Å². The van der Waals surface area contributed by atoms with Gasteiger partial charge < -0.3 is 5.11 Å². The molecule has 0 amide bonds. The molecule has 1 aromatic rings. The first-order chi connectivity index (χ1) is 6.91. The first-order valence-electron chi connectivity index (χ1n) is 4.67. The van der Waals surface area contributed by atoms with Crippen LogP contribution in [0, 0.1) is 12.7 Å². The van der Waals surface area contributed by atoms with Gasteiger partial charge >= 0.3 is 0 Å². The summed E-state index contributed by atoms with van der Waals surface area (Å²) in [6.07, 6.45) is -3.15. The first-order valence-corrected chi connectivity index (χ1v) is 4.67. The largest absolute Gasteiger partial charge is 0.393 e. The van der Waals surface area contributed by atoms with Crippen molar-refractivity contribution in [2.24, 2.45) is 0 Å². The van der Waals surface area contributed by atoms with Crippen LogP contribution in [0.4, 0.5) is 13.2 Å². The van der Waals surface area contributed by atoms with Crippen molar-refractivity contribution in [3.05, 3.63) is 34.6 Å². The van der Waals surface area contributed by atoms with Crippen LogP contribution in [0.25, 0.3) is 0 Å². The van der Waals surface area contributed by atoms with E-state index in [0.29, 0.717) is 5.56 Å². The number of benzene rings is 1. The summed E-state index contributed by atoms with van der Waals surface area (Å²) >= 11 is 0. The van der Waals surface area contributed by atoms with E-state index in [0.717, 1.165) is 6.07 Å². The molecule has 0 aliphatic carbocycles. The molecule has 0 fully saturated rings. The van der Waals surface area contributed by atoms with Gasteiger partial charge in [-0.15, -0.1) is 0 Å². The minimum atomic E-state index is -2.80. The van der Waals surface area contributed by atoms with E-state index in [1.165, 1.54) is 13.0 Å². The van der Waals surface area contributed by atoms with Crippen LogP contribution in [0.3, 0.4) is 0 Å². The van der Waals surface area contributed by atoms with Crippen molar-refractivity contribution in [3.63, 3.8) is 0 Å². The Labute approximate surface area is 86.5 Å². The lowest BCUT2D eigenvalue weighted by Crippen LogP contribution is -2.06. The lowest BCUT2D eigenvalue weighted by Gasteiger charge is -2.10. The maximum absolute atomic E-state index is 13.3. The number of halogens is 3. The highest BCUT2D eigenvalue weighted by molar-refractivity contribution is 5.33. The van der Waals surface area contributed by atoms with Gasteiger partial charge in [-0.05, 0) is 37.5 Å². The average Bonchev–Trinajstić information content (AvgIpc) is 1.99. The van der Waals surface area contributed by atoms with E-state index in [-0.39, 0.29) is 12.0 Å². The highest BCUT2D eigenvalue weighted by atomic mass is 19.3. The van der Waals surface area contributed by atoms with Crippen LogP contribution in [0.2, 0.25) is 0 Å². The summed E-state index contributed by atoms with van der Waals surface area (Å²) < 4.78 is 38.0. The highest BCUT2D eigenvalue weighted by Gasteiger charge is 2.17. The van der Waals surface area contributed by atoms with Crippen LogP contribution in [0.1, 0.15) is 30.0 Å². The molecule has 1 rings (SSSR count). The maximum atomic E-state index is 13.3. The first kappa shape index (κ1) is 12.0. The third-order valence-corrected chi connectivity index (χ3v) is 2.15. The molecular weight excluding hydrogens is 205 g/mol. The molecule has 0 spiro atoms. The van der Waals surface area contributed by atoms with Gasteiger partial charge in [0, 0.05) is 0 Å². The standard InChI is InChI=1S/C11H13F3O/c1-6-3-8(4-7(2)15)5-9(12)10(6)11(13)14/h3,5,7,11,15H,4H2,1-2H3. The molecule has 84 valence electrons. The van der Waals surface area contributed by atoms with Gasteiger partial charge in [0.1, 0.15) is 5.82 Å². The summed E-state index contributed by atoms with van der Waals surface area (Å²) in [7, 11) is 0. The Balaban J connectivity index is 3.08. The van der Waals surface area contributed by atoms with E-state index < -0.39 is 23.9 Å². The zero-order valence-corrected chi connectivity index (χ0v) is 8.60. The SMILES string of the molecule is Cc1cc(CC(C)O)cc(F)c1C(F)F. The Morgan fingerprint density at radius 3 is 2.33 bits per heavy atom. The molecule has 0 saturated heterocycles. The Kier molecular flexibility index (Phi) is 3.74. The number of aliphatic hydroxyl groups excluding tert-OH is 1. The van der Waals surface area contributed by atoms with Crippen molar-refractivity contribution in [2.45, 2.75) is 32.8 Å². The number of hydrogen-bond acceptors (Lipinski definition) is 1. The van der Waals surface area contributed by atoms with Crippen molar-refractivity contribution in [2.75, 3.05) is 0 Å². The summed E-state index contributed by atoms with van der Waals surface area (Å²) in [5, 5.41) is 9.10. The molecule has 15 heavy (non-hydrogen) atoms. The smallest absolute Gasteiger partial charge is 0.266 e. The van der Waals surface area contributed by atoms with Gasteiger partial charge in [0.05, 0.1) is 11.7 Å². The summed E-state index contributed by atoms with van der Waals surface area (Å²) in [6, 6.07) is 2.54. The Morgan fingerprint density at radius 1 is 1.33 bits per heavy atom. The summed E-state index contributed by atoms with van der Waals surface area (Å²) in [5.74, 6) is -0.902. The van der Waals surface area contributed by atoms with E-state index in [1.54, 1.807) is 6.92 Å². The topological polar surface area (TPSA) is 20.2 Å². The molecular formula is C11H13F3O. The van der Waals surface area contributed by atoms with Crippen molar-refractivity contribution in [3.8, 4) is 0 Å². The van der Waals surface area contributed by atoms with Gasteiger partial charge in [0.2, 0.25) is 0 Å². The molecule has 0 aliphatic heterocycles. The fourth-order valence-electron chi connectivity index (χ4n) is 1.56. The molecule has 1 aromatic carbocycles. The zero-order valence-electron chi connectivity index (χ0n) is 8.60. The summed E-state index contributed by atoms with van der Waals surface area (Å²) in [5.41, 5.74) is 0.203. The van der Waals surface area contributed by atoms with Gasteiger partial charge in [-0.1, -0.05) is 6.07 Å². The van der Waals surface area contributed by atoms with Crippen LogP contribution in [0.5, 0.6) is 0 Å². The predicted octanol–water partition coefficient (Wildman–Crippen LogP) is 3.00. The quantitative estimate of drug-likeness (QED) is 0.826. The Hall–Kier alpha value is -1.03. The zero-order chi connectivity index (χ0) is 11.6. The Bertz CT molecular complexity index is 325. The molecule has 0 radical (unpaired) electrons. The minimum Gasteiger partial charge on any atom is -0.393 e. The second-order valence-electron chi connectivity index (χ2n) is 3.66. The molecule has 1 atom stereocenters. The van der Waals surface area contributed by atoms with Crippen LogP contribution in [-0.4, -0.2) is 11.2 Å². The average molecular weight is 218 g/mol. The number of hydrogen-bond donors (Lipinski definition) is 1. The molecule has 0 heterocycles. The monoisotopic (exact) mass is 218 g/mol. The molecule has 0 saturated carbocycles. The number of rotatable bonds is 3. The second-order valence-corrected chi connectivity index (χ2v) is 3.66. The highest BCUT2D eigenvalue weighted by Crippen LogP contribution is 2.27. The molecule has 0 aliphatic rings. The van der Waals surface area contributed by atoms with Crippen molar-refractivity contribution in [1.29, 1.82) is 0 Å². The normalized spacial score (nSPS) is 13.3. The lowest BCUT2D eigenvalue weighted by molar-refractivity contribution is 0.145. The third kappa shape index (κ3) is 2.96. The van der Waals surface area contributed by atoms with Crippen LogP contribution < -0.4 is 0 Å². The minimum absolute atomic E-state index is 0.223. The van der Waals surface area contributed by atoms with Crippen molar-refractivity contribution >= 4 is 0 Å². The van der Waals surface area contributed by atoms with E-state index in [1.807, 2.05) is 0 Å². The Morgan fingerprint density at radius 2 is 1.93 bits per heavy atom. The van der Waals surface area contributed by atoms with E-state index in [4.69, 9.17) is 5.11 Å². The fourth-order valence-corrected chi connectivity index (χ4v) is 1.56. The molecule has 1 N–H and O–H groups in total.